The van der Waals surface area contributed by atoms with Gasteiger partial charge in [-0.1, -0.05) is 74.0 Å². The van der Waals surface area contributed by atoms with Crippen LogP contribution in [0.2, 0.25) is 13.1 Å². The van der Waals surface area contributed by atoms with Gasteiger partial charge in [0.05, 0.1) is 5.22 Å². The van der Waals surface area contributed by atoms with Gasteiger partial charge in [0, 0.05) is 0 Å². The molecule has 0 radical (unpaired) electrons. The zero-order valence-electron chi connectivity index (χ0n) is 12.9. The van der Waals surface area contributed by atoms with Gasteiger partial charge < -0.3 is 5.11 Å². The maximum Gasteiger partial charge on any atom is 0.117 e. The molecule has 0 spiro atoms. The lowest BCUT2D eigenvalue weighted by Gasteiger charge is -2.48. The maximum atomic E-state index is 11.6. The lowest BCUT2D eigenvalue weighted by Crippen LogP contribution is -2.65. The maximum absolute atomic E-state index is 11.6. The Labute approximate surface area is 124 Å². The zero-order chi connectivity index (χ0) is 14.6. The summed E-state index contributed by atoms with van der Waals surface area (Å²) in [6, 6.07) is 10.6. The third-order valence-electron chi connectivity index (χ3n) is 5.31. The highest BCUT2D eigenvalue weighted by Gasteiger charge is 2.50. The van der Waals surface area contributed by atoms with Gasteiger partial charge in [0.25, 0.3) is 0 Å². The standard InChI is InChI=1S/C18H28OSi/c1-4-15-18(19,16-11-7-5-8-12-16)20(2,3)17-13-9-6-10-14-17/h4,6,9-10,13-14,16,19H,1,5,7-8,11-12,15H2,2-3H3. The van der Waals surface area contributed by atoms with Crippen LogP contribution in [-0.4, -0.2) is 18.4 Å². The second kappa shape index (κ2) is 6.27. The van der Waals surface area contributed by atoms with Crippen LogP contribution in [0.15, 0.2) is 43.0 Å². The van der Waals surface area contributed by atoms with E-state index in [1.165, 1.54) is 37.3 Å². The number of rotatable bonds is 5. The van der Waals surface area contributed by atoms with E-state index in [0.717, 1.165) is 6.42 Å². The number of hydrogen-bond acceptors (Lipinski definition) is 1. The Morgan fingerprint density at radius 1 is 1.20 bits per heavy atom. The van der Waals surface area contributed by atoms with Crippen LogP contribution < -0.4 is 5.19 Å². The summed E-state index contributed by atoms with van der Waals surface area (Å²) in [5, 5.41) is 12.4. The molecule has 1 aromatic carbocycles. The van der Waals surface area contributed by atoms with Crippen molar-refractivity contribution in [2.75, 3.05) is 0 Å². The number of benzene rings is 1. The second-order valence-corrected chi connectivity index (χ2v) is 11.4. The first-order valence-electron chi connectivity index (χ1n) is 7.91. The van der Waals surface area contributed by atoms with Gasteiger partial charge in [0.1, 0.15) is 8.07 Å². The smallest absolute Gasteiger partial charge is 0.117 e. The fourth-order valence-corrected chi connectivity index (χ4v) is 7.33. The molecule has 0 aromatic heterocycles. The molecule has 1 nitrogen and oxygen atoms in total. The number of hydrogen-bond donors (Lipinski definition) is 1. The molecule has 110 valence electrons. The van der Waals surface area contributed by atoms with Gasteiger partial charge in [-0.2, -0.15) is 0 Å². The molecule has 20 heavy (non-hydrogen) atoms. The summed E-state index contributed by atoms with van der Waals surface area (Å²) < 4.78 is 0. The minimum absolute atomic E-state index is 0.441. The molecular weight excluding hydrogens is 260 g/mol. The zero-order valence-corrected chi connectivity index (χ0v) is 13.9. The molecular formula is C18H28OSi. The minimum Gasteiger partial charge on any atom is -0.392 e. The summed E-state index contributed by atoms with van der Waals surface area (Å²) in [5.74, 6) is 0.441. The lowest BCUT2D eigenvalue weighted by atomic mass is 9.83. The summed E-state index contributed by atoms with van der Waals surface area (Å²) in [7, 11) is -1.96. The molecule has 0 aliphatic heterocycles. The van der Waals surface area contributed by atoms with Gasteiger partial charge >= 0.3 is 0 Å². The van der Waals surface area contributed by atoms with E-state index in [1.54, 1.807) is 0 Å². The van der Waals surface area contributed by atoms with E-state index in [2.05, 4.69) is 50.0 Å². The molecule has 1 N–H and O–H groups in total. The summed E-state index contributed by atoms with van der Waals surface area (Å²) in [6.07, 6.45) is 8.86. The fourth-order valence-electron chi connectivity index (χ4n) is 3.84. The molecule has 0 heterocycles. The first kappa shape index (κ1) is 15.5. The molecule has 2 rings (SSSR count). The van der Waals surface area contributed by atoms with Crippen molar-refractivity contribution in [2.24, 2.45) is 5.92 Å². The van der Waals surface area contributed by atoms with Gasteiger partial charge in [-0.05, 0) is 25.2 Å². The fraction of sp³-hybridized carbons (Fsp3) is 0.556. The van der Waals surface area contributed by atoms with Crippen molar-refractivity contribution in [1.29, 1.82) is 0 Å². The van der Waals surface area contributed by atoms with Crippen LogP contribution in [0.4, 0.5) is 0 Å². The van der Waals surface area contributed by atoms with E-state index in [0.29, 0.717) is 5.92 Å². The SMILES string of the molecule is C=CCC(O)(C1CCCCC1)[Si](C)(C)c1ccccc1. The van der Waals surface area contributed by atoms with Gasteiger partial charge in [-0.15, -0.1) is 6.58 Å². The van der Waals surface area contributed by atoms with Crippen molar-refractivity contribution < 1.29 is 5.11 Å². The van der Waals surface area contributed by atoms with E-state index in [9.17, 15) is 5.11 Å². The summed E-state index contributed by atoms with van der Waals surface area (Å²) in [5.41, 5.74) is 0. The third-order valence-corrected chi connectivity index (χ3v) is 9.87. The highest BCUT2D eigenvalue weighted by molar-refractivity contribution is 6.92. The van der Waals surface area contributed by atoms with Crippen molar-refractivity contribution in [2.45, 2.75) is 56.8 Å². The molecule has 1 saturated carbocycles. The molecule has 1 aliphatic rings. The van der Waals surface area contributed by atoms with Crippen molar-refractivity contribution in [1.82, 2.24) is 0 Å². The molecule has 1 aromatic rings. The van der Waals surface area contributed by atoms with E-state index in [-0.39, 0.29) is 0 Å². The van der Waals surface area contributed by atoms with E-state index in [4.69, 9.17) is 0 Å². The average Bonchev–Trinajstić information content (AvgIpc) is 2.49. The van der Waals surface area contributed by atoms with Crippen LogP contribution in [0.3, 0.4) is 0 Å². The second-order valence-electron chi connectivity index (χ2n) is 6.74. The highest BCUT2D eigenvalue weighted by Crippen LogP contribution is 2.40. The largest absolute Gasteiger partial charge is 0.392 e. The first-order valence-corrected chi connectivity index (χ1v) is 10.9. The average molecular weight is 289 g/mol. The van der Waals surface area contributed by atoms with Crippen molar-refractivity contribution in [3.05, 3.63) is 43.0 Å². The predicted molar refractivity (Wildman–Crippen MR) is 89.9 cm³/mol. The molecule has 1 aliphatic carbocycles. The lowest BCUT2D eigenvalue weighted by molar-refractivity contribution is 0.0359. The predicted octanol–water partition coefficient (Wildman–Crippen LogP) is 4.03. The van der Waals surface area contributed by atoms with Gasteiger partial charge in [-0.3, -0.25) is 0 Å². The molecule has 2 heteroatoms. The molecule has 0 saturated heterocycles. The monoisotopic (exact) mass is 288 g/mol. The highest BCUT2D eigenvalue weighted by atomic mass is 28.3. The van der Waals surface area contributed by atoms with Gasteiger partial charge in [0.15, 0.2) is 0 Å². The molecule has 1 fully saturated rings. The van der Waals surface area contributed by atoms with Crippen molar-refractivity contribution in [3.8, 4) is 0 Å². The van der Waals surface area contributed by atoms with Crippen molar-refractivity contribution >= 4 is 13.3 Å². The Morgan fingerprint density at radius 3 is 2.35 bits per heavy atom. The van der Waals surface area contributed by atoms with Gasteiger partial charge in [-0.25, -0.2) is 0 Å². The van der Waals surface area contributed by atoms with E-state index >= 15 is 0 Å². The minimum atomic E-state index is -1.96. The van der Waals surface area contributed by atoms with Crippen LogP contribution in [0.1, 0.15) is 38.5 Å². The molecule has 0 bridgehead atoms. The Kier molecular flexibility index (Phi) is 4.87. The Bertz CT molecular complexity index is 434. The van der Waals surface area contributed by atoms with Crippen LogP contribution in [0.25, 0.3) is 0 Å². The Hall–Kier alpha value is -0.863. The summed E-state index contributed by atoms with van der Waals surface area (Å²) in [6.45, 7) is 8.55. The summed E-state index contributed by atoms with van der Waals surface area (Å²) >= 11 is 0. The van der Waals surface area contributed by atoms with E-state index in [1.807, 2.05) is 6.08 Å². The van der Waals surface area contributed by atoms with Crippen molar-refractivity contribution in [3.63, 3.8) is 0 Å². The first-order chi connectivity index (χ1) is 9.52. The summed E-state index contributed by atoms with van der Waals surface area (Å²) in [4.78, 5) is 0. The normalized spacial score (nSPS) is 20.4. The van der Waals surface area contributed by atoms with Gasteiger partial charge in [0.2, 0.25) is 0 Å². The van der Waals surface area contributed by atoms with Crippen LogP contribution in [-0.2, 0) is 0 Å². The Morgan fingerprint density at radius 2 is 1.80 bits per heavy atom. The van der Waals surface area contributed by atoms with Crippen LogP contribution in [0.5, 0.6) is 0 Å². The number of aliphatic hydroxyl groups is 1. The molecule has 1 atom stereocenters. The Balaban J connectivity index is 2.37. The molecule has 0 amide bonds. The van der Waals surface area contributed by atoms with E-state index < -0.39 is 13.3 Å². The third kappa shape index (κ3) is 2.77. The van der Waals surface area contributed by atoms with Crippen LogP contribution >= 0.6 is 0 Å². The van der Waals surface area contributed by atoms with Crippen LogP contribution in [0, 0.1) is 5.92 Å². The topological polar surface area (TPSA) is 20.2 Å². The quantitative estimate of drug-likeness (QED) is 0.641. The molecule has 1 unspecified atom stereocenters.